The van der Waals surface area contributed by atoms with Crippen molar-refractivity contribution in [2.75, 3.05) is 37.7 Å². The van der Waals surface area contributed by atoms with Gasteiger partial charge in [-0.15, -0.1) is 0 Å². The van der Waals surface area contributed by atoms with Crippen molar-refractivity contribution in [3.63, 3.8) is 0 Å². The normalized spacial score (nSPS) is 12.0. The van der Waals surface area contributed by atoms with Gasteiger partial charge in [-0.05, 0) is 56.3 Å². The third-order valence-corrected chi connectivity index (χ3v) is 5.40. The highest BCUT2D eigenvalue weighted by Crippen LogP contribution is 2.33. The molecule has 0 saturated carbocycles. The second kappa shape index (κ2) is 10.9. The highest BCUT2D eigenvalue weighted by molar-refractivity contribution is 6.35. The molecule has 2 heterocycles. The van der Waals surface area contributed by atoms with Crippen molar-refractivity contribution >= 4 is 34.1 Å². The predicted molar refractivity (Wildman–Crippen MR) is 121 cm³/mol. The lowest BCUT2D eigenvalue weighted by Gasteiger charge is -2.26. The minimum atomic E-state index is -4.47. The van der Waals surface area contributed by atoms with Crippen LogP contribution in [0.3, 0.4) is 0 Å². The van der Waals surface area contributed by atoms with Crippen LogP contribution >= 0.6 is 11.6 Å². The van der Waals surface area contributed by atoms with E-state index < -0.39 is 11.7 Å². The summed E-state index contributed by atoms with van der Waals surface area (Å²) >= 11 is 6.30. The number of hydrogen-bond donors (Lipinski definition) is 1. The minimum Gasteiger partial charge on any atom is -0.395 e. The number of pyridine rings is 2. The number of fused-ring (bicyclic) bond motifs is 1. The molecular formula is C23H26ClF3N4O. The lowest BCUT2D eigenvalue weighted by atomic mass is 10.2. The second-order valence-corrected chi connectivity index (χ2v) is 7.86. The van der Waals surface area contributed by atoms with Crippen molar-refractivity contribution in [2.24, 2.45) is 0 Å². The van der Waals surface area contributed by atoms with Crippen LogP contribution in [0.2, 0.25) is 5.02 Å². The first kappa shape index (κ1) is 24.2. The molecule has 32 heavy (non-hydrogen) atoms. The lowest BCUT2D eigenvalue weighted by Crippen LogP contribution is -2.31. The molecule has 2 aromatic heterocycles. The molecule has 1 N–H and O–H groups in total. The molecule has 3 rings (SSSR count). The number of aromatic nitrogens is 2. The SMILES string of the molecule is CCCN(CCO)CCCN(c1cc(C(F)(F)F)ccn1)c1ccc2cccc(Cl)c2n1. The van der Waals surface area contributed by atoms with E-state index >= 15 is 0 Å². The molecule has 0 saturated heterocycles. The molecule has 0 aliphatic heterocycles. The molecule has 1 aromatic carbocycles. The van der Waals surface area contributed by atoms with Crippen LogP contribution in [0.4, 0.5) is 24.8 Å². The third kappa shape index (κ3) is 6.09. The quantitative estimate of drug-likeness (QED) is 0.425. The Labute approximate surface area is 190 Å². The Balaban J connectivity index is 1.94. The van der Waals surface area contributed by atoms with Crippen molar-refractivity contribution in [3.8, 4) is 0 Å². The van der Waals surface area contributed by atoms with Crippen LogP contribution in [0.1, 0.15) is 25.3 Å². The molecular weight excluding hydrogens is 441 g/mol. The fraction of sp³-hybridized carbons (Fsp3) is 0.391. The topological polar surface area (TPSA) is 52.5 Å². The minimum absolute atomic E-state index is 0.0592. The summed E-state index contributed by atoms with van der Waals surface area (Å²) in [5.74, 6) is 0.643. The highest BCUT2D eigenvalue weighted by Gasteiger charge is 2.31. The van der Waals surface area contributed by atoms with Gasteiger partial charge in [-0.3, -0.25) is 0 Å². The summed E-state index contributed by atoms with van der Waals surface area (Å²) in [7, 11) is 0. The van der Waals surface area contributed by atoms with Crippen LogP contribution in [0, 0.1) is 0 Å². The largest absolute Gasteiger partial charge is 0.416 e. The maximum absolute atomic E-state index is 13.3. The summed E-state index contributed by atoms with van der Waals surface area (Å²) in [4.78, 5) is 12.6. The maximum Gasteiger partial charge on any atom is 0.416 e. The average molecular weight is 467 g/mol. The monoisotopic (exact) mass is 466 g/mol. The Hall–Kier alpha value is -2.42. The molecule has 5 nitrogen and oxygen atoms in total. The van der Waals surface area contributed by atoms with Gasteiger partial charge in [0.25, 0.3) is 0 Å². The molecule has 9 heteroatoms. The first-order valence-corrected chi connectivity index (χ1v) is 10.9. The fourth-order valence-corrected chi connectivity index (χ4v) is 3.81. The fourth-order valence-electron chi connectivity index (χ4n) is 3.59. The van der Waals surface area contributed by atoms with Crippen molar-refractivity contribution < 1.29 is 18.3 Å². The molecule has 0 amide bonds. The number of benzene rings is 1. The van der Waals surface area contributed by atoms with Crippen molar-refractivity contribution in [2.45, 2.75) is 25.9 Å². The number of hydrogen-bond acceptors (Lipinski definition) is 5. The summed E-state index contributed by atoms with van der Waals surface area (Å²) in [5.41, 5.74) is -0.184. The van der Waals surface area contributed by atoms with Gasteiger partial charge in [-0.1, -0.05) is 30.7 Å². The molecule has 0 radical (unpaired) electrons. The summed E-state index contributed by atoms with van der Waals surface area (Å²) in [6.45, 7) is 4.61. The smallest absolute Gasteiger partial charge is 0.395 e. The van der Waals surface area contributed by atoms with Gasteiger partial charge in [0.2, 0.25) is 0 Å². The van der Waals surface area contributed by atoms with Crippen molar-refractivity contribution in [1.82, 2.24) is 14.9 Å². The summed E-state index contributed by atoms with van der Waals surface area (Å²) in [6.07, 6.45) is -1.71. The number of para-hydroxylation sites is 1. The summed E-state index contributed by atoms with van der Waals surface area (Å²) in [6, 6.07) is 11.0. The van der Waals surface area contributed by atoms with E-state index in [0.717, 1.165) is 36.7 Å². The van der Waals surface area contributed by atoms with Gasteiger partial charge < -0.3 is 14.9 Å². The van der Waals surface area contributed by atoms with E-state index in [1.807, 2.05) is 18.2 Å². The summed E-state index contributed by atoms with van der Waals surface area (Å²) < 4.78 is 39.9. The van der Waals surface area contributed by atoms with E-state index in [1.165, 1.54) is 0 Å². The number of nitrogens with zero attached hydrogens (tertiary/aromatic N) is 4. The van der Waals surface area contributed by atoms with E-state index in [2.05, 4.69) is 21.8 Å². The van der Waals surface area contributed by atoms with Gasteiger partial charge in [0.15, 0.2) is 0 Å². The molecule has 0 atom stereocenters. The second-order valence-electron chi connectivity index (χ2n) is 7.45. The van der Waals surface area contributed by atoms with Crippen LogP contribution < -0.4 is 4.90 Å². The van der Waals surface area contributed by atoms with Crippen LogP contribution in [-0.4, -0.2) is 52.8 Å². The molecule has 0 spiro atoms. The molecule has 0 bridgehead atoms. The molecule has 0 fully saturated rings. The van der Waals surface area contributed by atoms with E-state index in [-0.39, 0.29) is 12.4 Å². The van der Waals surface area contributed by atoms with E-state index in [9.17, 15) is 18.3 Å². The number of alkyl halides is 3. The Bertz CT molecular complexity index is 1030. The standard InChI is InChI=1S/C23H26ClF3N4O/c1-2-11-30(14-15-32)12-4-13-31(21-16-18(9-10-28-21)23(25,26)27)20-8-7-17-5-3-6-19(24)22(17)29-20/h3,5-10,16,32H,2,4,11-15H2,1H3. The van der Waals surface area contributed by atoms with E-state index in [0.29, 0.717) is 42.4 Å². The van der Waals surface area contributed by atoms with Gasteiger partial charge in [-0.2, -0.15) is 13.2 Å². The number of halogens is 4. The molecule has 0 aliphatic carbocycles. The number of aliphatic hydroxyl groups is 1. The zero-order valence-electron chi connectivity index (χ0n) is 17.8. The average Bonchev–Trinajstić information content (AvgIpc) is 2.77. The highest BCUT2D eigenvalue weighted by atomic mass is 35.5. The van der Waals surface area contributed by atoms with Crippen molar-refractivity contribution in [1.29, 1.82) is 0 Å². The Morgan fingerprint density at radius 2 is 1.81 bits per heavy atom. The number of rotatable bonds is 10. The Morgan fingerprint density at radius 3 is 2.53 bits per heavy atom. The van der Waals surface area contributed by atoms with Crippen LogP contribution in [0.25, 0.3) is 10.9 Å². The first-order chi connectivity index (χ1) is 15.3. The molecule has 172 valence electrons. The Morgan fingerprint density at radius 1 is 1.00 bits per heavy atom. The van der Waals surface area contributed by atoms with Gasteiger partial charge in [-0.25, -0.2) is 9.97 Å². The number of aliphatic hydroxyl groups excluding tert-OH is 1. The predicted octanol–water partition coefficient (Wildman–Crippen LogP) is 5.53. The first-order valence-electron chi connectivity index (χ1n) is 10.5. The van der Waals surface area contributed by atoms with Crippen LogP contribution in [-0.2, 0) is 6.18 Å². The maximum atomic E-state index is 13.3. The van der Waals surface area contributed by atoms with E-state index in [4.69, 9.17) is 11.6 Å². The zero-order chi connectivity index (χ0) is 23.1. The number of anilines is 2. The van der Waals surface area contributed by atoms with Gasteiger partial charge in [0, 0.05) is 24.7 Å². The van der Waals surface area contributed by atoms with Crippen molar-refractivity contribution in [3.05, 3.63) is 59.2 Å². The van der Waals surface area contributed by atoms with Gasteiger partial charge in [0.1, 0.15) is 11.6 Å². The zero-order valence-corrected chi connectivity index (χ0v) is 18.6. The Kier molecular flexibility index (Phi) is 8.28. The third-order valence-electron chi connectivity index (χ3n) is 5.09. The lowest BCUT2D eigenvalue weighted by molar-refractivity contribution is -0.137. The van der Waals surface area contributed by atoms with Crippen LogP contribution in [0.15, 0.2) is 48.7 Å². The molecule has 0 unspecified atom stereocenters. The molecule has 0 aliphatic rings. The molecule has 3 aromatic rings. The van der Waals surface area contributed by atoms with E-state index in [1.54, 1.807) is 17.0 Å². The summed E-state index contributed by atoms with van der Waals surface area (Å²) in [5, 5.41) is 10.6. The van der Waals surface area contributed by atoms with Crippen LogP contribution in [0.5, 0.6) is 0 Å². The van der Waals surface area contributed by atoms with Gasteiger partial charge in [0.05, 0.1) is 22.7 Å². The van der Waals surface area contributed by atoms with Gasteiger partial charge >= 0.3 is 6.18 Å².